The summed E-state index contributed by atoms with van der Waals surface area (Å²) in [5.74, 6) is -0.935. The molecule has 0 radical (unpaired) electrons. The molecule has 6 nitrogen and oxygen atoms in total. The van der Waals surface area contributed by atoms with E-state index in [0.717, 1.165) is 10.0 Å². The van der Waals surface area contributed by atoms with Crippen LogP contribution in [0.1, 0.15) is 11.1 Å². The molecule has 4 N–H and O–H groups in total. The number of benzene rings is 1. The molecule has 102 valence electrons. The van der Waals surface area contributed by atoms with Crippen molar-refractivity contribution in [2.45, 2.75) is 6.54 Å². The van der Waals surface area contributed by atoms with Crippen LogP contribution in [0.15, 0.2) is 27.8 Å². The highest BCUT2D eigenvalue weighted by Crippen LogP contribution is 2.24. The van der Waals surface area contributed by atoms with Crippen molar-refractivity contribution < 1.29 is 15.1 Å². The van der Waals surface area contributed by atoms with Gasteiger partial charge < -0.3 is 16.0 Å². The molecule has 1 aliphatic rings. The smallest absolute Gasteiger partial charge is 0.309 e. The van der Waals surface area contributed by atoms with E-state index < -0.39 is 5.97 Å². The zero-order valence-electron chi connectivity index (χ0n) is 10.1. The predicted molar refractivity (Wildman–Crippen MR) is 73.1 cm³/mol. The van der Waals surface area contributed by atoms with Crippen LogP contribution in [-0.2, 0) is 11.3 Å². The summed E-state index contributed by atoms with van der Waals surface area (Å²) in [5, 5.41) is 20.4. The second-order valence-corrected chi connectivity index (χ2v) is 5.38. The van der Waals surface area contributed by atoms with Gasteiger partial charge in [0.05, 0.1) is 5.92 Å². The average Bonchev–Trinajstić information content (AvgIpc) is 2.33. The van der Waals surface area contributed by atoms with E-state index in [1.807, 2.05) is 6.07 Å². The lowest BCUT2D eigenvalue weighted by atomic mass is 9.99. The lowest BCUT2D eigenvalue weighted by Crippen LogP contribution is -2.49. The molecule has 1 aliphatic heterocycles. The predicted octanol–water partition coefficient (Wildman–Crippen LogP) is 1.06. The molecule has 1 saturated heterocycles. The van der Waals surface area contributed by atoms with E-state index in [2.05, 4.69) is 26.0 Å². The highest BCUT2D eigenvalue weighted by molar-refractivity contribution is 9.10. The van der Waals surface area contributed by atoms with Crippen molar-refractivity contribution in [2.24, 2.45) is 16.8 Å². The van der Waals surface area contributed by atoms with Crippen LogP contribution in [0.4, 0.5) is 0 Å². The van der Waals surface area contributed by atoms with E-state index in [-0.39, 0.29) is 11.8 Å². The van der Waals surface area contributed by atoms with Crippen molar-refractivity contribution in [3.05, 3.63) is 33.8 Å². The minimum Gasteiger partial charge on any atom is -0.481 e. The number of hydrogen-bond acceptors (Lipinski definition) is 4. The fourth-order valence-electron chi connectivity index (χ4n) is 1.99. The van der Waals surface area contributed by atoms with Crippen molar-refractivity contribution in [1.29, 1.82) is 0 Å². The van der Waals surface area contributed by atoms with Crippen molar-refractivity contribution in [3.63, 3.8) is 0 Å². The highest BCUT2D eigenvalue weighted by Gasteiger charge is 2.32. The molecule has 1 aromatic carbocycles. The van der Waals surface area contributed by atoms with Gasteiger partial charge in [0.2, 0.25) is 0 Å². The van der Waals surface area contributed by atoms with Gasteiger partial charge in [-0.1, -0.05) is 33.2 Å². The second-order valence-electron chi connectivity index (χ2n) is 4.52. The van der Waals surface area contributed by atoms with Crippen LogP contribution < -0.4 is 5.73 Å². The van der Waals surface area contributed by atoms with Gasteiger partial charge in [-0.3, -0.25) is 9.69 Å². The maximum absolute atomic E-state index is 10.7. The molecule has 7 heteroatoms. The Morgan fingerprint density at radius 3 is 2.74 bits per heavy atom. The normalized spacial score (nSPS) is 17.2. The molecule has 2 rings (SSSR count). The number of rotatable bonds is 4. The summed E-state index contributed by atoms with van der Waals surface area (Å²) in [6.07, 6.45) is 0. The van der Waals surface area contributed by atoms with Crippen LogP contribution in [0, 0.1) is 5.92 Å². The molecule has 19 heavy (non-hydrogen) atoms. The molecule has 1 aromatic rings. The van der Waals surface area contributed by atoms with Gasteiger partial charge >= 0.3 is 5.97 Å². The Hall–Kier alpha value is -1.60. The number of halogens is 1. The molecule has 0 spiro atoms. The van der Waals surface area contributed by atoms with Crippen LogP contribution in [0.3, 0.4) is 0 Å². The largest absolute Gasteiger partial charge is 0.481 e. The molecule has 0 amide bonds. The van der Waals surface area contributed by atoms with Crippen LogP contribution in [0.2, 0.25) is 0 Å². The van der Waals surface area contributed by atoms with Gasteiger partial charge in [0.25, 0.3) is 0 Å². The van der Waals surface area contributed by atoms with Crippen molar-refractivity contribution in [2.75, 3.05) is 13.1 Å². The summed E-state index contributed by atoms with van der Waals surface area (Å²) in [6, 6.07) is 5.42. The zero-order valence-corrected chi connectivity index (χ0v) is 11.7. The third kappa shape index (κ3) is 3.05. The van der Waals surface area contributed by atoms with Crippen LogP contribution >= 0.6 is 15.9 Å². The second kappa shape index (κ2) is 5.58. The molecule has 0 bridgehead atoms. The quantitative estimate of drug-likeness (QED) is 0.332. The number of likely N-dealkylation sites (tertiary alicyclic amines) is 1. The number of oxime groups is 1. The molecule has 0 atom stereocenters. The maximum atomic E-state index is 10.7. The van der Waals surface area contributed by atoms with Gasteiger partial charge in [0, 0.05) is 29.7 Å². The first-order valence-corrected chi connectivity index (χ1v) is 6.52. The fraction of sp³-hybridized carbons (Fsp3) is 0.333. The first-order valence-electron chi connectivity index (χ1n) is 5.72. The Morgan fingerprint density at radius 2 is 2.21 bits per heavy atom. The SMILES string of the molecule is N/C(=N/O)c1ccc(CN2CC(C(=O)O)C2)c(Br)c1. The molecular formula is C12H14BrN3O3. The molecule has 0 aliphatic carbocycles. The number of nitrogens with zero attached hydrogens (tertiary/aromatic N) is 2. The first-order chi connectivity index (χ1) is 9.01. The number of carboxylic acid groups (broad SMARTS) is 1. The lowest BCUT2D eigenvalue weighted by molar-refractivity contribution is -0.147. The maximum Gasteiger partial charge on any atom is 0.309 e. The highest BCUT2D eigenvalue weighted by atomic mass is 79.9. The monoisotopic (exact) mass is 327 g/mol. The van der Waals surface area contributed by atoms with Crippen LogP contribution in [0.5, 0.6) is 0 Å². The van der Waals surface area contributed by atoms with Gasteiger partial charge in [-0.2, -0.15) is 0 Å². The number of aliphatic carboxylic acids is 1. The summed E-state index contributed by atoms with van der Waals surface area (Å²) >= 11 is 3.44. The average molecular weight is 328 g/mol. The number of amidine groups is 1. The Balaban J connectivity index is 2.01. The van der Waals surface area contributed by atoms with Crippen molar-refractivity contribution in [3.8, 4) is 0 Å². The fourth-order valence-corrected chi connectivity index (χ4v) is 2.49. The molecule has 0 unspecified atom stereocenters. The van der Waals surface area contributed by atoms with Gasteiger partial charge in [-0.15, -0.1) is 0 Å². The van der Waals surface area contributed by atoms with E-state index in [9.17, 15) is 4.79 Å². The molecule has 0 saturated carbocycles. The summed E-state index contributed by atoms with van der Waals surface area (Å²) in [4.78, 5) is 12.8. The summed E-state index contributed by atoms with van der Waals surface area (Å²) in [5.41, 5.74) is 7.18. The number of nitrogens with two attached hydrogens (primary N) is 1. The van der Waals surface area contributed by atoms with E-state index in [0.29, 0.717) is 25.2 Å². The topological polar surface area (TPSA) is 99.2 Å². The molecule has 1 fully saturated rings. The van der Waals surface area contributed by atoms with Crippen molar-refractivity contribution in [1.82, 2.24) is 4.90 Å². The van der Waals surface area contributed by atoms with E-state index in [4.69, 9.17) is 16.0 Å². The van der Waals surface area contributed by atoms with E-state index in [1.54, 1.807) is 12.1 Å². The van der Waals surface area contributed by atoms with E-state index in [1.165, 1.54) is 0 Å². The Kier molecular flexibility index (Phi) is 4.06. The Morgan fingerprint density at radius 1 is 1.53 bits per heavy atom. The third-order valence-electron chi connectivity index (χ3n) is 3.16. The van der Waals surface area contributed by atoms with Gasteiger partial charge in [0.1, 0.15) is 0 Å². The Bertz CT molecular complexity index is 527. The lowest BCUT2D eigenvalue weighted by Gasteiger charge is -2.36. The standard InChI is InChI=1S/C12H14BrN3O3/c13-10-3-7(11(14)15-19)1-2-8(10)4-16-5-9(6-16)12(17)18/h1-3,9,19H,4-6H2,(H2,14,15)(H,17,18). The Labute approximate surface area is 118 Å². The number of hydrogen-bond donors (Lipinski definition) is 3. The first kappa shape index (κ1) is 13.8. The third-order valence-corrected chi connectivity index (χ3v) is 3.90. The van der Waals surface area contributed by atoms with E-state index >= 15 is 0 Å². The minimum absolute atomic E-state index is 0.0575. The number of carbonyl (C=O) groups is 1. The van der Waals surface area contributed by atoms with Gasteiger partial charge in [0.15, 0.2) is 5.84 Å². The summed E-state index contributed by atoms with van der Waals surface area (Å²) in [6.45, 7) is 1.83. The zero-order chi connectivity index (χ0) is 14.0. The van der Waals surface area contributed by atoms with Gasteiger partial charge in [-0.25, -0.2) is 0 Å². The van der Waals surface area contributed by atoms with Crippen molar-refractivity contribution >= 4 is 27.7 Å². The van der Waals surface area contributed by atoms with Gasteiger partial charge in [-0.05, 0) is 11.6 Å². The minimum atomic E-state index is -0.738. The molecule has 0 aromatic heterocycles. The summed E-state index contributed by atoms with van der Waals surface area (Å²) < 4.78 is 0.857. The summed E-state index contributed by atoms with van der Waals surface area (Å²) in [7, 11) is 0. The van der Waals surface area contributed by atoms with Crippen LogP contribution in [-0.4, -0.2) is 40.1 Å². The van der Waals surface area contributed by atoms with Crippen LogP contribution in [0.25, 0.3) is 0 Å². The number of carboxylic acids is 1. The molecular weight excluding hydrogens is 314 g/mol. The molecule has 1 heterocycles.